The molecule has 1 N–H and O–H groups in total. The Bertz CT molecular complexity index is 385. The molecule has 4 heteroatoms. The van der Waals surface area contributed by atoms with E-state index >= 15 is 0 Å². The summed E-state index contributed by atoms with van der Waals surface area (Å²) in [6.45, 7) is 4.66. The second-order valence-electron chi connectivity index (χ2n) is 4.17. The number of para-hydroxylation sites is 1. The van der Waals surface area contributed by atoms with Crippen LogP contribution in [0.5, 0.6) is 11.5 Å². The average Bonchev–Trinajstić information content (AvgIpc) is 2.28. The lowest BCUT2D eigenvalue weighted by Gasteiger charge is -2.13. The van der Waals surface area contributed by atoms with Gasteiger partial charge in [0.25, 0.3) is 0 Å². The van der Waals surface area contributed by atoms with Crippen molar-refractivity contribution in [3.8, 4) is 11.5 Å². The fraction of sp³-hybridized carbons (Fsp3) is 0.462. The lowest BCUT2D eigenvalue weighted by atomic mass is 10.1. The minimum Gasteiger partial charge on any atom is -0.493 e. The van der Waals surface area contributed by atoms with E-state index in [1.54, 1.807) is 12.1 Å². The summed E-state index contributed by atoms with van der Waals surface area (Å²) in [6, 6.07) is 4.84. The Morgan fingerprint density at radius 1 is 1.41 bits per heavy atom. The molecule has 0 aromatic heterocycles. The predicted molar refractivity (Wildman–Crippen MR) is 64.9 cm³/mol. The van der Waals surface area contributed by atoms with Gasteiger partial charge in [-0.25, -0.2) is 4.79 Å². The van der Waals surface area contributed by atoms with Crippen molar-refractivity contribution in [1.29, 1.82) is 0 Å². The molecule has 1 aromatic carbocycles. The van der Waals surface area contributed by atoms with E-state index in [0.29, 0.717) is 24.0 Å². The molecule has 0 aliphatic rings. The third-order valence-corrected chi connectivity index (χ3v) is 2.37. The number of aromatic carboxylic acids is 1. The molecule has 0 heterocycles. The van der Waals surface area contributed by atoms with Crippen LogP contribution in [-0.4, -0.2) is 24.8 Å². The van der Waals surface area contributed by atoms with Gasteiger partial charge in [-0.15, -0.1) is 0 Å². The van der Waals surface area contributed by atoms with Crippen LogP contribution in [0.25, 0.3) is 0 Å². The van der Waals surface area contributed by atoms with Crippen molar-refractivity contribution < 1.29 is 19.4 Å². The largest absolute Gasteiger partial charge is 0.493 e. The topological polar surface area (TPSA) is 55.8 Å². The van der Waals surface area contributed by atoms with E-state index in [1.165, 1.54) is 13.2 Å². The minimum absolute atomic E-state index is 0.133. The fourth-order valence-electron chi connectivity index (χ4n) is 1.39. The average molecular weight is 238 g/mol. The van der Waals surface area contributed by atoms with Crippen LogP contribution in [0.2, 0.25) is 0 Å². The van der Waals surface area contributed by atoms with E-state index in [-0.39, 0.29) is 5.56 Å². The van der Waals surface area contributed by atoms with Crippen molar-refractivity contribution >= 4 is 5.97 Å². The maximum atomic E-state index is 11.1. The van der Waals surface area contributed by atoms with Crippen LogP contribution in [0.4, 0.5) is 0 Å². The lowest BCUT2D eigenvalue weighted by Crippen LogP contribution is -2.07. The highest BCUT2D eigenvalue weighted by Gasteiger charge is 2.16. The van der Waals surface area contributed by atoms with Crippen LogP contribution in [0, 0.1) is 5.92 Å². The van der Waals surface area contributed by atoms with E-state index < -0.39 is 5.97 Å². The normalized spacial score (nSPS) is 10.4. The van der Waals surface area contributed by atoms with Gasteiger partial charge < -0.3 is 14.6 Å². The van der Waals surface area contributed by atoms with Crippen molar-refractivity contribution in [3.05, 3.63) is 23.8 Å². The van der Waals surface area contributed by atoms with Crippen LogP contribution in [0.3, 0.4) is 0 Å². The molecule has 94 valence electrons. The van der Waals surface area contributed by atoms with E-state index in [2.05, 4.69) is 13.8 Å². The van der Waals surface area contributed by atoms with Crippen LogP contribution < -0.4 is 9.47 Å². The molecule has 0 atom stereocenters. The molecular weight excluding hydrogens is 220 g/mol. The number of benzene rings is 1. The summed E-state index contributed by atoms with van der Waals surface area (Å²) >= 11 is 0. The van der Waals surface area contributed by atoms with Crippen molar-refractivity contribution in [3.63, 3.8) is 0 Å². The summed E-state index contributed by atoms with van der Waals surface area (Å²) in [5.41, 5.74) is 0.133. The number of carbonyl (C=O) groups is 1. The maximum absolute atomic E-state index is 11.1. The standard InChI is InChI=1S/C13H18O4/c1-9(2)7-8-17-12-10(13(14)15)5-4-6-11(12)16-3/h4-6,9H,7-8H2,1-3H3,(H,14,15). The first-order valence-electron chi connectivity index (χ1n) is 5.59. The molecule has 17 heavy (non-hydrogen) atoms. The van der Waals surface area contributed by atoms with Crippen molar-refractivity contribution in [2.45, 2.75) is 20.3 Å². The number of methoxy groups -OCH3 is 1. The van der Waals surface area contributed by atoms with Gasteiger partial charge in [-0.2, -0.15) is 0 Å². The summed E-state index contributed by atoms with van der Waals surface area (Å²) in [6.07, 6.45) is 0.872. The second kappa shape index (κ2) is 6.13. The molecule has 4 nitrogen and oxygen atoms in total. The van der Waals surface area contributed by atoms with E-state index in [1.807, 2.05) is 0 Å². The fourth-order valence-corrected chi connectivity index (χ4v) is 1.39. The Balaban J connectivity index is 2.89. The first kappa shape index (κ1) is 13.4. The van der Waals surface area contributed by atoms with Crippen LogP contribution in [-0.2, 0) is 0 Å². The van der Waals surface area contributed by atoms with Crippen molar-refractivity contribution in [2.75, 3.05) is 13.7 Å². The van der Waals surface area contributed by atoms with Crippen LogP contribution in [0.15, 0.2) is 18.2 Å². The second-order valence-corrected chi connectivity index (χ2v) is 4.17. The number of ether oxygens (including phenoxy) is 2. The smallest absolute Gasteiger partial charge is 0.339 e. The molecule has 0 aliphatic heterocycles. The number of carboxylic acids is 1. The highest BCUT2D eigenvalue weighted by atomic mass is 16.5. The molecule has 0 amide bonds. The molecule has 0 bridgehead atoms. The van der Waals surface area contributed by atoms with E-state index in [9.17, 15) is 4.79 Å². The first-order chi connectivity index (χ1) is 8.06. The zero-order chi connectivity index (χ0) is 12.8. The van der Waals surface area contributed by atoms with Crippen molar-refractivity contribution in [2.24, 2.45) is 5.92 Å². The molecular formula is C13H18O4. The highest BCUT2D eigenvalue weighted by Crippen LogP contribution is 2.31. The molecule has 0 aliphatic carbocycles. The van der Waals surface area contributed by atoms with Crippen LogP contribution >= 0.6 is 0 Å². The van der Waals surface area contributed by atoms with Gasteiger partial charge in [-0.3, -0.25) is 0 Å². The number of carboxylic acid groups (broad SMARTS) is 1. The van der Waals surface area contributed by atoms with Gasteiger partial charge in [0, 0.05) is 0 Å². The zero-order valence-electron chi connectivity index (χ0n) is 10.4. The Hall–Kier alpha value is -1.71. The summed E-state index contributed by atoms with van der Waals surface area (Å²) in [5, 5.41) is 9.06. The van der Waals surface area contributed by atoms with Gasteiger partial charge in [0.2, 0.25) is 0 Å². The number of hydrogen-bond acceptors (Lipinski definition) is 3. The van der Waals surface area contributed by atoms with E-state index in [0.717, 1.165) is 6.42 Å². The molecule has 0 saturated heterocycles. The zero-order valence-corrected chi connectivity index (χ0v) is 10.4. The molecule has 0 saturated carbocycles. The molecule has 0 unspecified atom stereocenters. The summed E-state index contributed by atoms with van der Waals surface area (Å²) in [7, 11) is 1.50. The van der Waals surface area contributed by atoms with Crippen molar-refractivity contribution in [1.82, 2.24) is 0 Å². The first-order valence-corrected chi connectivity index (χ1v) is 5.59. The molecule has 1 rings (SSSR count). The third kappa shape index (κ3) is 3.66. The maximum Gasteiger partial charge on any atom is 0.339 e. The third-order valence-electron chi connectivity index (χ3n) is 2.37. The Morgan fingerprint density at radius 2 is 2.12 bits per heavy atom. The Labute approximate surface area is 101 Å². The summed E-state index contributed by atoms with van der Waals surface area (Å²) < 4.78 is 10.6. The summed E-state index contributed by atoms with van der Waals surface area (Å²) in [5.74, 6) is 0.262. The van der Waals surface area contributed by atoms with Gasteiger partial charge in [0.15, 0.2) is 11.5 Å². The number of rotatable bonds is 6. The summed E-state index contributed by atoms with van der Waals surface area (Å²) in [4.78, 5) is 11.1. The Morgan fingerprint density at radius 3 is 2.65 bits per heavy atom. The molecule has 1 aromatic rings. The van der Waals surface area contributed by atoms with Gasteiger partial charge in [-0.1, -0.05) is 19.9 Å². The number of hydrogen-bond donors (Lipinski definition) is 1. The van der Waals surface area contributed by atoms with E-state index in [4.69, 9.17) is 14.6 Å². The molecule has 0 spiro atoms. The minimum atomic E-state index is -1.01. The van der Waals surface area contributed by atoms with Gasteiger partial charge in [0.1, 0.15) is 5.56 Å². The predicted octanol–water partition coefficient (Wildman–Crippen LogP) is 2.82. The highest BCUT2D eigenvalue weighted by molar-refractivity contribution is 5.92. The Kier molecular flexibility index (Phi) is 4.82. The van der Waals surface area contributed by atoms with Gasteiger partial charge >= 0.3 is 5.97 Å². The van der Waals surface area contributed by atoms with Crippen LogP contribution in [0.1, 0.15) is 30.6 Å². The van der Waals surface area contributed by atoms with Gasteiger partial charge in [-0.05, 0) is 24.5 Å². The quantitative estimate of drug-likeness (QED) is 0.828. The SMILES string of the molecule is COc1cccc(C(=O)O)c1OCCC(C)C. The van der Waals surface area contributed by atoms with Gasteiger partial charge in [0.05, 0.1) is 13.7 Å². The molecule has 0 fully saturated rings. The lowest BCUT2D eigenvalue weighted by molar-refractivity contribution is 0.0691. The monoisotopic (exact) mass is 238 g/mol. The molecule has 0 radical (unpaired) electrons.